The van der Waals surface area contributed by atoms with Crippen molar-refractivity contribution >= 4 is 23.3 Å². The molecule has 0 atom stereocenters. The highest BCUT2D eigenvalue weighted by Crippen LogP contribution is 2.22. The predicted molar refractivity (Wildman–Crippen MR) is 68.6 cm³/mol. The van der Waals surface area contributed by atoms with Gasteiger partial charge in [-0.3, -0.25) is 4.79 Å². The number of hydrogen-bond acceptors (Lipinski definition) is 4. The zero-order chi connectivity index (χ0) is 13.8. The molecule has 0 spiro atoms. The Bertz CT molecular complexity index is 417. The second-order valence-corrected chi connectivity index (χ2v) is 5.35. The first-order valence-electron chi connectivity index (χ1n) is 5.48. The topological polar surface area (TPSA) is 82.5 Å². The van der Waals surface area contributed by atoms with Gasteiger partial charge in [0.15, 0.2) is 0 Å². The van der Waals surface area contributed by atoms with Crippen LogP contribution in [0.3, 0.4) is 0 Å². The Hall–Kier alpha value is -1.63. The summed E-state index contributed by atoms with van der Waals surface area (Å²) in [5.74, 6) is -0.922. The highest BCUT2D eigenvalue weighted by atomic mass is 32.1. The molecule has 0 bridgehead atoms. The molecule has 0 aliphatic carbocycles. The molecule has 0 aromatic carbocycles. The van der Waals surface area contributed by atoms with Crippen molar-refractivity contribution in [3.8, 4) is 0 Å². The van der Waals surface area contributed by atoms with Crippen molar-refractivity contribution in [3.63, 3.8) is 0 Å². The number of carboxylic acid groups (broad SMARTS) is 1. The standard InChI is InChI=1S/C11H17N3O3S/c1-11(2,9-12-5-7-18-9)13-10(17)14(3)6-4-8(15)16/h5,7H,4,6H2,1-3H3,(H,13,17)(H,15,16). The number of rotatable bonds is 5. The lowest BCUT2D eigenvalue weighted by Crippen LogP contribution is -2.47. The molecule has 1 aromatic rings. The number of carboxylic acids is 1. The van der Waals surface area contributed by atoms with Crippen LogP contribution < -0.4 is 5.32 Å². The number of carbonyl (C=O) groups excluding carboxylic acids is 1. The van der Waals surface area contributed by atoms with Gasteiger partial charge in [0.2, 0.25) is 0 Å². The van der Waals surface area contributed by atoms with Crippen LogP contribution in [0.1, 0.15) is 25.3 Å². The van der Waals surface area contributed by atoms with E-state index in [4.69, 9.17) is 5.11 Å². The fourth-order valence-electron chi connectivity index (χ4n) is 1.31. The first-order valence-corrected chi connectivity index (χ1v) is 6.36. The largest absolute Gasteiger partial charge is 0.481 e. The molecule has 0 unspecified atom stereocenters. The molecule has 0 saturated heterocycles. The summed E-state index contributed by atoms with van der Waals surface area (Å²) in [5.41, 5.74) is -0.567. The van der Waals surface area contributed by atoms with Crippen molar-refractivity contribution in [2.45, 2.75) is 25.8 Å². The van der Waals surface area contributed by atoms with E-state index in [-0.39, 0.29) is 19.0 Å². The predicted octanol–water partition coefficient (Wildman–Crippen LogP) is 1.49. The minimum Gasteiger partial charge on any atom is -0.481 e. The Labute approximate surface area is 110 Å². The van der Waals surface area contributed by atoms with Gasteiger partial charge in [0, 0.05) is 25.2 Å². The van der Waals surface area contributed by atoms with Gasteiger partial charge in [-0.05, 0) is 13.8 Å². The Morgan fingerprint density at radius 2 is 2.22 bits per heavy atom. The minimum atomic E-state index is -0.922. The van der Waals surface area contributed by atoms with Gasteiger partial charge in [-0.15, -0.1) is 11.3 Å². The Morgan fingerprint density at radius 1 is 1.56 bits per heavy atom. The summed E-state index contributed by atoms with van der Waals surface area (Å²) in [4.78, 5) is 27.8. The van der Waals surface area contributed by atoms with Crippen molar-refractivity contribution < 1.29 is 14.7 Å². The van der Waals surface area contributed by atoms with Gasteiger partial charge in [0.05, 0.1) is 12.0 Å². The number of carbonyl (C=O) groups is 2. The highest BCUT2D eigenvalue weighted by molar-refractivity contribution is 7.09. The molecule has 0 radical (unpaired) electrons. The first-order chi connectivity index (χ1) is 8.33. The normalized spacial score (nSPS) is 11.1. The Kier molecular flexibility index (Phi) is 4.66. The molecule has 0 saturated carbocycles. The molecular weight excluding hydrogens is 254 g/mol. The second-order valence-electron chi connectivity index (χ2n) is 4.46. The van der Waals surface area contributed by atoms with Gasteiger partial charge in [-0.25, -0.2) is 9.78 Å². The lowest BCUT2D eigenvalue weighted by atomic mass is 10.1. The molecule has 0 fully saturated rings. The highest BCUT2D eigenvalue weighted by Gasteiger charge is 2.26. The fourth-order valence-corrected chi connectivity index (χ4v) is 2.03. The van der Waals surface area contributed by atoms with Crippen molar-refractivity contribution in [1.29, 1.82) is 0 Å². The molecule has 0 aliphatic heterocycles. The third-order valence-corrected chi connectivity index (χ3v) is 3.49. The maximum Gasteiger partial charge on any atom is 0.317 e. The van der Waals surface area contributed by atoms with E-state index >= 15 is 0 Å². The van der Waals surface area contributed by atoms with Crippen LogP contribution in [0.2, 0.25) is 0 Å². The monoisotopic (exact) mass is 271 g/mol. The maximum absolute atomic E-state index is 11.9. The summed E-state index contributed by atoms with van der Waals surface area (Å²) in [7, 11) is 1.57. The zero-order valence-corrected chi connectivity index (χ0v) is 11.5. The fraction of sp³-hybridized carbons (Fsp3) is 0.545. The van der Waals surface area contributed by atoms with E-state index in [0.29, 0.717) is 0 Å². The maximum atomic E-state index is 11.9. The Morgan fingerprint density at radius 3 is 2.72 bits per heavy atom. The van der Waals surface area contributed by atoms with Crippen LogP contribution in [0.4, 0.5) is 4.79 Å². The number of aliphatic carboxylic acids is 1. The van der Waals surface area contributed by atoms with E-state index in [9.17, 15) is 9.59 Å². The van der Waals surface area contributed by atoms with Gasteiger partial charge >= 0.3 is 12.0 Å². The van der Waals surface area contributed by atoms with Crippen molar-refractivity contribution in [2.75, 3.05) is 13.6 Å². The molecule has 1 rings (SSSR count). The zero-order valence-electron chi connectivity index (χ0n) is 10.6. The van der Waals surface area contributed by atoms with E-state index < -0.39 is 11.5 Å². The number of hydrogen-bond donors (Lipinski definition) is 2. The quantitative estimate of drug-likeness (QED) is 0.850. The van der Waals surface area contributed by atoms with Crippen molar-refractivity contribution in [1.82, 2.24) is 15.2 Å². The lowest BCUT2D eigenvalue weighted by Gasteiger charge is -2.27. The molecule has 1 heterocycles. The first kappa shape index (κ1) is 14.4. The van der Waals surface area contributed by atoms with Gasteiger partial charge < -0.3 is 15.3 Å². The van der Waals surface area contributed by atoms with Crippen molar-refractivity contribution in [3.05, 3.63) is 16.6 Å². The number of nitrogens with zero attached hydrogens (tertiary/aromatic N) is 2. The summed E-state index contributed by atoms with van der Waals surface area (Å²) in [5, 5.41) is 14.0. The molecule has 2 amide bonds. The number of thiazole rings is 1. The van der Waals surface area contributed by atoms with Crippen LogP contribution in [-0.4, -0.2) is 40.6 Å². The van der Waals surface area contributed by atoms with Gasteiger partial charge in [-0.1, -0.05) is 0 Å². The number of nitrogens with one attached hydrogen (secondary N) is 1. The Balaban J connectivity index is 2.56. The number of urea groups is 1. The molecule has 2 N–H and O–H groups in total. The van der Waals surface area contributed by atoms with Crippen LogP contribution in [0, 0.1) is 0 Å². The molecule has 7 heteroatoms. The molecule has 1 aromatic heterocycles. The average molecular weight is 271 g/mol. The summed E-state index contributed by atoms with van der Waals surface area (Å²) in [6.45, 7) is 3.89. The van der Waals surface area contributed by atoms with Crippen LogP contribution in [0.15, 0.2) is 11.6 Å². The molecule has 6 nitrogen and oxygen atoms in total. The van der Waals surface area contributed by atoms with E-state index in [1.54, 1.807) is 13.2 Å². The van der Waals surface area contributed by atoms with E-state index in [0.717, 1.165) is 5.01 Å². The van der Waals surface area contributed by atoms with Crippen molar-refractivity contribution in [2.24, 2.45) is 0 Å². The van der Waals surface area contributed by atoms with E-state index in [1.807, 2.05) is 19.2 Å². The average Bonchev–Trinajstić information content (AvgIpc) is 2.79. The minimum absolute atomic E-state index is 0.0679. The molecule has 0 aliphatic rings. The lowest BCUT2D eigenvalue weighted by molar-refractivity contribution is -0.137. The van der Waals surface area contributed by atoms with Crippen LogP contribution in [0.25, 0.3) is 0 Å². The third kappa shape index (κ3) is 3.99. The van der Waals surface area contributed by atoms with Crippen LogP contribution >= 0.6 is 11.3 Å². The molecule has 18 heavy (non-hydrogen) atoms. The summed E-state index contributed by atoms with van der Waals surface area (Å²) in [6.07, 6.45) is 1.61. The van der Waals surface area contributed by atoms with Gasteiger partial charge in [-0.2, -0.15) is 0 Å². The smallest absolute Gasteiger partial charge is 0.317 e. The third-order valence-electron chi connectivity index (χ3n) is 2.39. The SMILES string of the molecule is CN(CCC(=O)O)C(=O)NC(C)(C)c1nccs1. The van der Waals surface area contributed by atoms with E-state index in [1.165, 1.54) is 16.2 Å². The summed E-state index contributed by atoms with van der Waals surface area (Å²) < 4.78 is 0. The van der Waals surface area contributed by atoms with Gasteiger partial charge in [0.25, 0.3) is 0 Å². The van der Waals surface area contributed by atoms with Gasteiger partial charge in [0.1, 0.15) is 5.01 Å². The molecule has 100 valence electrons. The summed E-state index contributed by atoms with van der Waals surface area (Å²) >= 11 is 1.46. The second kappa shape index (κ2) is 5.81. The van der Waals surface area contributed by atoms with E-state index in [2.05, 4.69) is 10.3 Å². The summed E-state index contributed by atoms with van der Waals surface area (Å²) in [6, 6.07) is -0.309. The number of amides is 2. The molecular formula is C11H17N3O3S. The van der Waals surface area contributed by atoms with Crippen LogP contribution in [0.5, 0.6) is 0 Å². The van der Waals surface area contributed by atoms with Crippen LogP contribution in [-0.2, 0) is 10.3 Å². The number of aromatic nitrogens is 1.